The van der Waals surface area contributed by atoms with Gasteiger partial charge >= 0.3 is 17.9 Å². The van der Waals surface area contributed by atoms with Gasteiger partial charge in [-0.05, 0) is 94.3 Å². The van der Waals surface area contributed by atoms with E-state index in [1.165, 1.54) is 51.4 Å². The molecule has 9 atom stereocenters. The first-order chi connectivity index (χ1) is 16.8. The van der Waals surface area contributed by atoms with Gasteiger partial charge in [0, 0.05) is 6.42 Å². The van der Waals surface area contributed by atoms with Gasteiger partial charge in [0.1, 0.15) is 18.3 Å². The van der Waals surface area contributed by atoms with E-state index in [1.807, 2.05) is 13.8 Å². The molecule has 6 nitrogen and oxygen atoms in total. The summed E-state index contributed by atoms with van der Waals surface area (Å²) in [7, 11) is 0. The topological polar surface area (TPSA) is 78.9 Å². The lowest BCUT2D eigenvalue weighted by Gasteiger charge is -2.38. The number of fused-ring (bicyclic) bond motifs is 3. The Labute approximate surface area is 240 Å². The van der Waals surface area contributed by atoms with Crippen LogP contribution in [0.15, 0.2) is 0 Å². The van der Waals surface area contributed by atoms with Crippen LogP contribution in [0.1, 0.15) is 140 Å². The summed E-state index contributed by atoms with van der Waals surface area (Å²) in [6.45, 7) is 6.13. The molecule has 0 aromatic rings. The highest BCUT2D eigenvalue weighted by atomic mass is 16.6. The lowest BCUT2D eigenvalue weighted by atomic mass is 9.76. The maximum Gasteiger partial charge on any atom is 0.308 e. The minimum Gasteiger partial charge on any atom is -0.462 e. The molecule has 6 aliphatic rings. The zero-order chi connectivity index (χ0) is 24.9. The fraction of sp³-hybridized carbons (Fsp3) is 0.909. The Balaban J connectivity index is 0.000000529. The second-order valence-corrected chi connectivity index (χ2v) is 12.1. The van der Waals surface area contributed by atoms with Crippen LogP contribution in [0.3, 0.4) is 0 Å². The summed E-state index contributed by atoms with van der Waals surface area (Å²) in [6, 6.07) is 0. The maximum atomic E-state index is 11.2. The SMILES string of the molecule is C.C.C.C.CC1CC(=O)OC2CCCCC12.CC1CC2CCCC2OC1=O.CC1CC2CCCCC2OC1=O. The molecule has 39 heavy (non-hydrogen) atoms. The van der Waals surface area contributed by atoms with Gasteiger partial charge in [-0.15, -0.1) is 0 Å². The van der Waals surface area contributed by atoms with Crippen molar-refractivity contribution >= 4 is 17.9 Å². The molecule has 0 amide bonds. The second-order valence-electron chi connectivity index (χ2n) is 12.1. The molecule has 230 valence electrons. The van der Waals surface area contributed by atoms with E-state index < -0.39 is 0 Å². The molecule has 3 aliphatic heterocycles. The van der Waals surface area contributed by atoms with Crippen LogP contribution in [0, 0.1) is 35.5 Å². The fourth-order valence-corrected chi connectivity index (χ4v) is 7.21. The van der Waals surface area contributed by atoms with Crippen molar-refractivity contribution < 1.29 is 28.6 Å². The molecular weight excluding hydrogens is 492 g/mol. The van der Waals surface area contributed by atoms with Gasteiger partial charge in [-0.3, -0.25) is 14.4 Å². The van der Waals surface area contributed by atoms with E-state index >= 15 is 0 Å². The molecule has 3 aliphatic carbocycles. The predicted octanol–water partition coefficient (Wildman–Crippen LogP) is 8.54. The minimum absolute atomic E-state index is 0. The van der Waals surface area contributed by atoms with Crippen molar-refractivity contribution in [1.29, 1.82) is 0 Å². The molecule has 0 aromatic carbocycles. The molecule has 3 saturated carbocycles. The molecule has 6 heteroatoms. The smallest absolute Gasteiger partial charge is 0.308 e. The average molecular weight is 555 g/mol. The van der Waals surface area contributed by atoms with Gasteiger partial charge in [-0.2, -0.15) is 0 Å². The molecule has 3 saturated heterocycles. The monoisotopic (exact) mass is 554 g/mol. The molecule has 6 fully saturated rings. The number of carbonyl (C=O) groups excluding carboxylic acids is 3. The Kier molecular flexibility index (Phi) is 16.6. The molecule has 0 N–H and O–H groups in total. The Bertz CT molecular complexity index is 750. The lowest BCUT2D eigenvalue weighted by molar-refractivity contribution is -0.167. The van der Waals surface area contributed by atoms with E-state index in [-0.39, 0.29) is 77.8 Å². The number of ether oxygens (including phenoxy) is 3. The summed E-state index contributed by atoms with van der Waals surface area (Å²) >= 11 is 0. The van der Waals surface area contributed by atoms with Crippen molar-refractivity contribution in [3.63, 3.8) is 0 Å². The van der Waals surface area contributed by atoms with Crippen LogP contribution in [0.5, 0.6) is 0 Å². The maximum absolute atomic E-state index is 11.2. The Morgan fingerprint density at radius 3 is 1.54 bits per heavy atom. The number of hydrogen-bond donors (Lipinski definition) is 0. The molecule has 0 spiro atoms. The summed E-state index contributed by atoms with van der Waals surface area (Å²) in [4.78, 5) is 33.4. The van der Waals surface area contributed by atoms with E-state index in [9.17, 15) is 14.4 Å². The highest BCUT2D eigenvalue weighted by molar-refractivity contribution is 5.73. The third-order valence-electron chi connectivity index (χ3n) is 9.34. The summed E-state index contributed by atoms with van der Waals surface area (Å²) in [6.07, 6.45) is 17.0. The quantitative estimate of drug-likeness (QED) is 0.220. The number of hydrogen-bond acceptors (Lipinski definition) is 6. The van der Waals surface area contributed by atoms with Gasteiger partial charge in [-0.1, -0.05) is 63.3 Å². The number of carbonyl (C=O) groups is 3. The van der Waals surface area contributed by atoms with Crippen molar-refractivity contribution in [2.45, 2.75) is 159 Å². The van der Waals surface area contributed by atoms with Crippen LogP contribution in [-0.2, 0) is 28.6 Å². The van der Waals surface area contributed by atoms with Gasteiger partial charge in [0.25, 0.3) is 0 Å². The zero-order valence-electron chi connectivity index (χ0n) is 22.0. The van der Waals surface area contributed by atoms with E-state index in [2.05, 4.69) is 6.92 Å². The van der Waals surface area contributed by atoms with Crippen LogP contribution in [-0.4, -0.2) is 36.2 Å². The molecule has 3 heterocycles. The highest BCUT2D eigenvalue weighted by Gasteiger charge is 2.39. The second kappa shape index (κ2) is 17.3. The molecule has 9 unspecified atom stereocenters. The number of rotatable bonds is 0. The Morgan fingerprint density at radius 1 is 0.538 bits per heavy atom. The molecule has 0 bridgehead atoms. The van der Waals surface area contributed by atoms with Crippen LogP contribution in [0.25, 0.3) is 0 Å². The third kappa shape index (κ3) is 9.78. The minimum atomic E-state index is 0. The Morgan fingerprint density at radius 2 is 0.974 bits per heavy atom. The highest BCUT2D eigenvalue weighted by Crippen LogP contribution is 2.39. The Hall–Kier alpha value is -1.59. The molecular formula is C33H62O6. The molecule has 0 radical (unpaired) electrons. The van der Waals surface area contributed by atoms with Crippen LogP contribution >= 0.6 is 0 Å². The zero-order valence-corrected chi connectivity index (χ0v) is 22.0. The third-order valence-corrected chi connectivity index (χ3v) is 9.34. The van der Waals surface area contributed by atoms with Gasteiger partial charge in [0.2, 0.25) is 0 Å². The van der Waals surface area contributed by atoms with Crippen LogP contribution in [0.2, 0.25) is 0 Å². The summed E-state index contributed by atoms with van der Waals surface area (Å²) in [5.41, 5.74) is 0. The average Bonchev–Trinajstić information content (AvgIpc) is 3.28. The molecule has 0 aromatic heterocycles. The van der Waals surface area contributed by atoms with Crippen molar-refractivity contribution in [2.24, 2.45) is 35.5 Å². The number of esters is 3. The van der Waals surface area contributed by atoms with E-state index in [4.69, 9.17) is 14.2 Å². The standard InChI is InChI=1S/2C10H16O2.C9H14O2.4CH4/c1-7-6-10(11)12-9-5-3-2-4-8(7)9;1-7-6-8-4-2-3-5-9(8)12-10(7)11;1-6-5-7-3-2-4-8(7)11-9(6)10;;;;/h2*7-9H,2-6H2,1H3;6-8H,2-5H2,1H3;4*1H4. The summed E-state index contributed by atoms with van der Waals surface area (Å²) in [5, 5.41) is 0. The first-order valence-corrected chi connectivity index (χ1v) is 14.4. The largest absolute Gasteiger partial charge is 0.462 e. The van der Waals surface area contributed by atoms with Crippen LogP contribution < -0.4 is 0 Å². The first-order valence-electron chi connectivity index (χ1n) is 14.4. The molecule has 6 rings (SSSR count). The predicted molar refractivity (Wildman–Crippen MR) is 159 cm³/mol. The van der Waals surface area contributed by atoms with Crippen molar-refractivity contribution in [3.8, 4) is 0 Å². The van der Waals surface area contributed by atoms with Gasteiger partial charge in [-0.25, -0.2) is 0 Å². The lowest BCUT2D eigenvalue weighted by Crippen LogP contribution is -2.39. The van der Waals surface area contributed by atoms with Gasteiger partial charge in [0.05, 0.1) is 11.8 Å². The van der Waals surface area contributed by atoms with Crippen LogP contribution in [0.4, 0.5) is 0 Å². The van der Waals surface area contributed by atoms with Gasteiger partial charge < -0.3 is 14.2 Å². The van der Waals surface area contributed by atoms with Crippen molar-refractivity contribution in [2.75, 3.05) is 0 Å². The summed E-state index contributed by atoms with van der Waals surface area (Å²) < 4.78 is 16.0. The van der Waals surface area contributed by atoms with E-state index in [1.54, 1.807) is 0 Å². The normalized spacial score (nSPS) is 37.9. The van der Waals surface area contributed by atoms with Crippen molar-refractivity contribution in [1.82, 2.24) is 0 Å². The fourth-order valence-electron chi connectivity index (χ4n) is 7.21. The van der Waals surface area contributed by atoms with E-state index in [0.717, 1.165) is 32.1 Å². The van der Waals surface area contributed by atoms with E-state index in [0.29, 0.717) is 30.1 Å². The van der Waals surface area contributed by atoms with Crippen molar-refractivity contribution in [3.05, 3.63) is 0 Å². The first kappa shape index (κ1) is 37.4. The summed E-state index contributed by atoms with van der Waals surface area (Å²) in [5.74, 6) is 2.93. The van der Waals surface area contributed by atoms with Gasteiger partial charge in [0.15, 0.2) is 0 Å².